The van der Waals surface area contributed by atoms with Gasteiger partial charge in [-0.3, -0.25) is 4.79 Å². The molecule has 2 N–H and O–H groups in total. The molecule has 0 unspecified atom stereocenters. The number of hydrogen-bond donors (Lipinski definition) is 2. The highest BCUT2D eigenvalue weighted by Crippen LogP contribution is 2.11. The van der Waals surface area contributed by atoms with E-state index in [1.165, 1.54) is 10.5 Å². The maximum absolute atomic E-state index is 11.9. The van der Waals surface area contributed by atoms with E-state index < -0.39 is 0 Å². The number of nitrogens with one attached hydrogen (secondary N) is 2. The Morgan fingerprint density at radius 2 is 1.65 bits per heavy atom. The highest BCUT2D eigenvalue weighted by molar-refractivity contribution is 9.10. The van der Waals surface area contributed by atoms with E-state index in [1.807, 2.05) is 30.3 Å². The summed E-state index contributed by atoms with van der Waals surface area (Å²) >= 11 is 3.39. The lowest BCUT2D eigenvalue weighted by molar-refractivity contribution is -0.872. The van der Waals surface area contributed by atoms with Gasteiger partial charge >= 0.3 is 0 Å². The third-order valence-electron chi connectivity index (χ3n) is 3.34. The quantitative estimate of drug-likeness (QED) is 0.749. The maximum Gasteiger partial charge on any atom is 0.244 e. The minimum Gasteiger partial charge on any atom is -0.348 e. The smallest absolute Gasteiger partial charge is 0.244 e. The highest BCUT2D eigenvalue weighted by Gasteiger charge is 2.00. The van der Waals surface area contributed by atoms with Gasteiger partial charge in [0.15, 0.2) is 0 Å². The van der Waals surface area contributed by atoms with Crippen molar-refractivity contribution in [3.8, 4) is 0 Å². The van der Waals surface area contributed by atoms with Gasteiger partial charge in [-0.05, 0) is 29.3 Å². The largest absolute Gasteiger partial charge is 0.348 e. The van der Waals surface area contributed by atoms with Crippen LogP contribution >= 0.6 is 15.9 Å². The molecule has 0 spiro atoms. The van der Waals surface area contributed by atoms with Crippen molar-refractivity contribution in [3.05, 3.63) is 75.8 Å². The molecule has 2 aromatic rings. The van der Waals surface area contributed by atoms with Crippen LogP contribution in [0.3, 0.4) is 0 Å². The Hall–Kier alpha value is -1.91. The summed E-state index contributed by atoms with van der Waals surface area (Å²) in [6.07, 6.45) is 3.37. The second-order valence-corrected chi connectivity index (χ2v) is 6.72. The van der Waals surface area contributed by atoms with Crippen molar-refractivity contribution in [2.45, 2.75) is 13.1 Å². The molecule has 0 saturated carbocycles. The molecule has 0 bridgehead atoms. The summed E-state index contributed by atoms with van der Waals surface area (Å²) < 4.78 is 1.03. The highest BCUT2D eigenvalue weighted by atomic mass is 79.9. The number of carbonyl (C=O) groups is 1. The van der Waals surface area contributed by atoms with Gasteiger partial charge in [0.2, 0.25) is 5.91 Å². The number of carbonyl (C=O) groups excluding carboxylic acids is 1. The monoisotopic (exact) mass is 373 g/mol. The van der Waals surface area contributed by atoms with Crippen molar-refractivity contribution in [2.24, 2.45) is 0 Å². The van der Waals surface area contributed by atoms with E-state index in [-0.39, 0.29) is 5.91 Å². The summed E-state index contributed by atoms with van der Waals surface area (Å²) in [7, 11) is 4.26. The molecule has 120 valence electrons. The van der Waals surface area contributed by atoms with Crippen LogP contribution in [0.4, 0.5) is 0 Å². The molecule has 2 aromatic carbocycles. The average Bonchev–Trinajstić information content (AvgIpc) is 2.53. The van der Waals surface area contributed by atoms with Crippen molar-refractivity contribution < 1.29 is 9.69 Å². The average molecular weight is 374 g/mol. The van der Waals surface area contributed by atoms with Gasteiger partial charge in [-0.2, -0.15) is 0 Å². The summed E-state index contributed by atoms with van der Waals surface area (Å²) in [6, 6.07) is 16.2. The van der Waals surface area contributed by atoms with Crippen LogP contribution in [0.15, 0.2) is 59.1 Å². The van der Waals surface area contributed by atoms with E-state index in [4.69, 9.17) is 0 Å². The Kier molecular flexibility index (Phi) is 6.56. The molecule has 0 aliphatic heterocycles. The summed E-state index contributed by atoms with van der Waals surface area (Å²) in [4.78, 5) is 13.3. The molecular formula is C19H22BrN2O+. The SMILES string of the molecule is C[NH+](C)Cc1ccc(CNC(=O)/C=C/c2ccc(Br)cc2)cc1. The Balaban J connectivity index is 1.83. The summed E-state index contributed by atoms with van der Waals surface area (Å²) in [5.41, 5.74) is 3.40. The Morgan fingerprint density at radius 1 is 1.04 bits per heavy atom. The van der Waals surface area contributed by atoms with E-state index in [0.29, 0.717) is 6.54 Å². The number of quaternary nitrogens is 1. The van der Waals surface area contributed by atoms with E-state index >= 15 is 0 Å². The van der Waals surface area contributed by atoms with Crippen LogP contribution in [0.5, 0.6) is 0 Å². The van der Waals surface area contributed by atoms with Crippen LogP contribution in [-0.2, 0) is 17.9 Å². The lowest BCUT2D eigenvalue weighted by Crippen LogP contribution is -3.04. The lowest BCUT2D eigenvalue weighted by Gasteiger charge is -2.08. The number of amides is 1. The van der Waals surface area contributed by atoms with Crippen LogP contribution < -0.4 is 10.2 Å². The Bertz CT molecular complexity index is 661. The van der Waals surface area contributed by atoms with Crippen LogP contribution in [0.2, 0.25) is 0 Å². The molecule has 0 atom stereocenters. The number of halogens is 1. The molecule has 2 rings (SSSR count). The Labute approximate surface area is 146 Å². The molecule has 0 saturated heterocycles. The first-order valence-electron chi connectivity index (χ1n) is 7.61. The molecule has 0 radical (unpaired) electrons. The molecule has 0 aromatic heterocycles. The van der Waals surface area contributed by atoms with Gasteiger partial charge in [-0.15, -0.1) is 0 Å². The number of benzene rings is 2. The van der Waals surface area contributed by atoms with Gasteiger partial charge in [0.1, 0.15) is 6.54 Å². The zero-order valence-electron chi connectivity index (χ0n) is 13.5. The maximum atomic E-state index is 11.9. The lowest BCUT2D eigenvalue weighted by atomic mass is 10.1. The van der Waals surface area contributed by atoms with Crippen molar-refractivity contribution >= 4 is 27.9 Å². The molecule has 4 heteroatoms. The third-order valence-corrected chi connectivity index (χ3v) is 3.87. The first kappa shape index (κ1) is 17.4. The summed E-state index contributed by atoms with van der Waals surface area (Å²) in [6.45, 7) is 1.54. The third kappa shape index (κ3) is 6.38. The number of rotatable bonds is 6. The minimum atomic E-state index is -0.0882. The second kappa shape index (κ2) is 8.65. The van der Waals surface area contributed by atoms with E-state index in [0.717, 1.165) is 22.1 Å². The fourth-order valence-corrected chi connectivity index (χ4v) is 2.44. The fraction of sp³-hybridized carbons (Fsp3) is 0.211. The zero-order valence-corrected chi connectivity index (χ0v) is 15.1. The molecule has 1 amide bonds. The van der Waals surface area contributed by atoms with Crippen molar-refractivity contribution in [2.75, 3.05) is 14.1 Å². The van der Waals surface area contributed by atoms with Crippen molar-refractivity contribution in [1.29, 1.82) is 0 Å². The predicted molar refractivity (Wildman–Crippen MR) is 98.0 cm³/mol. The molecule has 3 nitrogen and oxygen atoms in total. The topological polar surface area (TPSA) is 33.5 Å². The van der Waals surface area contributed by atoms with Crippen LogP contribution in [-0.4, -0.2) is 20.0 Å². The molecule has 0 aliphatic carbocycles. The van der Waals surface area contributed by atoms with Gasteiger partial charge < -0.3 is 10.2 Å². The molecule has 0 aliphatic rings. The van der Waals surface area contributed by atoms with Gasteiger partial charge in [-0.25, -0.2) is 0 Å². The first-order chi connectivity index (χ1) is 11.0. The summed E-state index contributed by atoms with van der Waals surface area (Å²) in [5, 5.41) is 2.90. The Morgan fingerprint density at radius 3 is 2.26 bits per heavy atom. The molecule has 0 heterocycles. The molecule has 23 heavy (non-hydrogen) atoms. The van der Waals surface area contributed by atoms with Gasteiger partial charge in [0.25, 0.3) is 0 Å². The van der Waals surface area contributed by atoms with E-state index in [2.05, 4.69) is 59.6 Å². The fourth-order valence-electron chi connectivity index (χ4n) is 2.18. The van der Waals surface area contributed by atoms with Crippen molar-refractivity contribution in [3.63, 3.8) is 0 Å². The van der Waals surface area contributed by atoms with Gasteiger partial charge in [0, 0.05) is 22.7 Å². The van der Waals surface area contributed by atoms with Crippen LogP contribution in [0, 0.1) is 0 Å². The second-order valence-electron chi connectivity index (χ2n) is 5.80. The first-order valence-corrected chi connectivity index (χ1v) is 8.40. The van der Waals surface area contributed by atoms with Crippen LogP contribution in [0.25, 0.3) is 6.08 Å². The standard InChI is InChI=1S/C19H21BrN2O/c1-22(2)14-17-5-3-16(4-6-17)13-21-19(23)12-9-15-7-10-18(20)11-8-15/h3-12H,13-14H2,1-2H3,(H,21,23)/p+1/b12-9+. The van der Waals surface area contributed by atoms with E-state index in [9.17, 15) is 4.79 Å². The van der Waals surface area contributed by atoms with E-state index in [1.54, 1.807) is 6.08 Å². The minimum absolute atomic E-state index is 0.0882. The normalized spacial score (nSPS) is 11.1. The zero-order chi connectivity index (χ0) is 16.7. The van der Waals surface area contributed by atoms with Gasteiger partial charge in [-0.1, -0.05) is 52.3 Å². The van der Waals surface area contributed by atoms with Gasteiger partial charge in [0.05, 0.1) is 14.1 Å². The van der Waals surface area contributed by atoms with Crippen LogP contribution in [0.1, 0.15) is 16.7 Å². The molecule has 0 fully saturated rings. The van der Waals surface area contributed by atoms with Crippen molar-refractivity contribution in [1.82, 2.24) is 5.32 Å². The molecular weight excluding hydrogens is 352 g/mol. The number of hydrogen-bond acceptors (Lipinski definition) is 1. The predicted octanol–water partition coefficient (Wildman–Crippen LogP) is 2.42. The summed E-state index contributed by atoms with van der Waals surface area (Å²) in [5.74, 6) is -0.0882.